The molecule has 10 heteroatoms. The molecule has 2 heterocycles. The lowest BCUT2D eigenvalue weighted by atomic mass is 10.4. The summed E-state index contributed by atoms with van der Waals surface area (Å²) in [4.78, 5) is 13.4. The number of hydrogen-bond acceptors (Lipinski definition) is 6. The summed E-state index contributed by atoms with van der Waals surface area (Å²) >= 11 is 0.978. The zero-order valence-corrected chi connectivity index (χ0v) is 13.2. The number of H-pyrrole nitrogens is 1. The molecule has 2 rings (SSSR count). The molecule has 0 aliphatic heterocycles. The van der Waals surface area contributed by atoms with Crippen molar-refractivity contribution in [2.75, 3.05) is 6.61 Å². The van der Waals surface area contributed by atoms with E-state index < -0.39 is 10.0 Å². The van der Waals surface area contributed by atoms with Crippen molar-refractivity contribution in [3.8, 4) is 0 Å². The molecular formula is C11H16N4O4S2. The van der Waals surface area contributed by atoms with Crippen molar-refractivity contribution in [3.05, 3.63) is 32.1 Å². The van der Waals surface area contributed by atoms with Crippen LogP contribution >= 0.6 is 11.3 Å². The highest BCUT2D eigenvalue weighted by Crippen LogP contribution is 2.19. The van der Waals surface area contributed by atoms with Crippen LogP contribution in [0.4, 0.5) is 0 Å². The van der Waals surface area contributed by atoms with Gasteiger partial charge >= 0.3 is 4.87 Å². The second-order valence-corrected chi connectivity index (χ2v) is 6.99. The third-order valence-electron chi connectivity index (χ3n) is 2.92. The lowest BCUT2D eigenvalue weighted by Gasteiger charge is -2.06. The van der Waals surface area contributed by atoms with Gasteiger partial charge in [0.1, 0.15) is 4.90 Å². The smallest absolute Gasteiger partial charge is 0.304 e. The molecule has 0 aromatic carbocycles. The van der Waals surface area contributed by atoms with Gasteiger partial charge in [0.15, 0.2) is 0 Å². The molecule has 8 nitrogen and oxygen atoms in total. The maximum Gasteiger partial charge on any atom is 0.304 e. The van der Waals surface area contributed by atoms with Gasteiger partial charge in [0.2, 0.25) is 10.0 Å². The highest BCUT2D eigenvalue weighted by Gasteiger charge is 2.24. The van der Waals surface area contributed by atoms with Crippen molar-refractivity contribution in [1.29, 1.82) is 0 Å². The summed E-state index contributed by atoms with van der Waals surface area (Å²) in [5.41, 5.74) is 1.34. The maximum atomic E-state index is 12.4. The minimum absolute atomic E-state index is 0.00509. The van der Waals surface area contributed by atoms with Gasteiger partial charge in [-0.25, -0.2) is 13.1 Å². The Morgan fingerprint density at radius 2 is 2.19 bits per heavy atom. The zero-order chi connectivity index (χ0) is 15.6. The lowest BCUT2D eigenvalue weighted by Crippen LogP contribution is -2.25. The van der Waals surface area contributed by atoms with Crippen molar-refractivity contribution in [1.82, 2.24) is 19.5 Å². The van der Waals surface area contributed by atoms with Crippen LogP contribution in [0, 0.1) is 13.8 Å². The van der Waals surface area contributed by atoms with Gasteiger partial charge < -0.3 is 10.1 Å². The van der Waals surface area contributed by atoms with E-state index in [-0.39, 0.29) is 29.5 Å². The molecule has 0 saturated carbocycles. The van der Waals surface area contributed by atoms with E-state index in [1.165, 1.54) is 4.68 Å². The van der Waals surface area contributed by atoms with E-state index in [0.717, 1.165) is 11.3 Å². The third kappa shape index (κ3) is 3.40. The van der Waals surface area contributed by atoms with E-state index in [1.807, 2.05) is 0 Å². The summed E-state index contributed by atoms with van der Waals surface area (Å²) in [5.74, 6) is 0. The van der Waals surface area contributed by atoms with Crippen LogP contribution in [0.5, 0.6) is 0 Å². The fourth-order valence-corrected chi connectivity index (χ4v) is 4.02. The molecule has 21 heavy (non-hydrogen) atoms. The number of aryl methyl sites for hydroxylation is 1. The molecule has 0 spiro atoms. The van der Waals surface area contributed by atoms with E-state index in [1.54, 1.807) is 19.2 Å². The fraction of sp³-hybridized carbons (Fsp3) is 0.455. The number of rotatable bonds is 6. The number of thiazole rings is 1. The molecule has 0 fully saturated rings. The molecule has 0 atom stereocenters. The average Bonchev–Trinajstić information content (AvgIpc) is 2.93. The Balaban J connectivity index is 2.25. The topological polar surface area (TPSA) is 117 Å². The Kier molecular flexibility index (Phi) is 4.61. The minimum atomic E-state index is -3.74. The monoisotopic (exact) mass is 332 g/mol. The van der Waals surface area contributed by atoms with E-state index in [4.69, 9.17) is 5.11 Å². The normalized spacial score (nSPS) is 12.0. The Hall–Kier alpha value is -1.49. The summed E-state index contributed by atoms with van der Waals surface area (Å²) in [7, 11) is -3.74. The van der Waals surface area contributed by atoms with Gasteiger partial charge in [-0.1, -0.05) is 11.3 Å². The molecule has 0 saturated heterocycles. The highest BCUT2D eigenvalue weighted by atomic mass is 32.2. The van der Waals surface area contributed by atoms with Crippen LogP contribution in [0.1, 0.15) is 17.1 Å². The van der Waals surface area contributed by atoms with Gasteiger partial charge in [-0.3, -0.25) is 9.48 Å². The van der Waals surface area contributed by atoms with Gasteiger partial charge in [0.25, 0.3) is 0 Å². The summed E-state index contributed by atoms with van der Waals surface area (Å²) in [6.45, 7) is 3.36. The van der Waals surface area contributed by atoms with Crippen molar-refractivity contribution < 1.29 is 13.5 Å². The summed E-state index contributed by atoms with van der Waals surface area (Å²) in [5, 5.41) is 14.6. The first-order valence-corrected chi connectivity index (χ1v) is 8.52. The number of aliphatic hydroxyl groups excluding tert-OH is 1. The summed E-state index contributed by atoms with van der Waals surface area (Å²) in [6.07, 6.45) is 0. The van der Waals surface area contributed by atoms with Gasteiger partial charge in [-0.15, -0.1) is 0 Å². The predicted octanol–water partition coefficient (Wildman–Crippen LogP) is -0.279. The zero-order valence-electron chi connectivity index (χ0n) is 11.6. The van der Waals surface area contributed by atoms with Crippen LogP contribution in [0.3, 0.4) is 0 Å². The number of sulfonamides is 1. The van der Waals surface area contributed by atoms with Crippen LogP contribution in [0.15, 0.2) is 15.1 Å². The third-order valence-corrected chi connectivity index (χ3v) is 5.29. The van der Waals surface area contributed by atoms with Gasteiger partial charge in [-0.2, -0.15) is 5.10 Å². The van der Waals surface area contributed by atoms with E-state index in [0.29, 0.717) is 17.1 Å². The molecule has 3 N–H and O–H groups in total. The number of aromatic amines is 1. The van der Waals surface area contributed by atoms with E-state index >= 15 is 0 Å². The molecule has 2 aromatic heterocycles. The molecule has 0 aliphatic carbocycles. The molecule has 2 aromatic rings. The van der Waals surface area contributed by atoms with Crippen molar-refractivity contribution in [3.63, 3.8) is 0 Å². The Morgan fingerprint density at radius 1 is 1.48 bits per heavy atom. The maximum absolute atomic E-state index is 12.4. The van der Waals surface area contributed by atoms with Crippen molar-refractivity contribution in [2.45, 2.75) is 31.8 Å². The van der Waals surface area contributed by atoms with Crippen molar-refractivity contribution >= 4 is 21.4 Å². The largest absolute Gasteiger partial charge is 0.394 e. The second kappa shape index (κ2) is 6.10. The molecule has 0 radical (unpaired) electrons. The molecular weight excluding hydrogens is 316 g/mol. The molecule has 0 amide bonds. The Labute approximate surface area is 125 Å². The summed E-state index contributed by atoms with van der Waals surface area (Å²) < 4.78 is 28.6. The lowest BCUT2D eigenvalue weighted by molar-refractivity contribution is 0.267. The molecule has 0 bridgehead atoms. The van der Waals surface area contributed by atoms with E-state index in [2.05, 4.69) is 14.8 Å². The van der Waals surface area contributed by atoms with Crippen LogP contribution < -0.4 is 9.60 Å². The predicted molar refractivity (Wildman–Crippen MR) is 77.8 cm³/mol. The van der Waals surface area contributed by atoms with Crippen molar-refractivity contribution in [2.24, 2.45) is 0 Å². The van der Waals surface area contributed by atoms with Gasteiger partial charge in [0, 0.05) is 11.1 Å². The number of hydrogen-bond donors (Lipinski definition) is 3. The Morgan fingerprint density at radius 3 is 2.76 bits per heavy atom. The number of nitrogens with zero attached hydrogens (tertiary/aromatic N) is 2. The first-order chi connectivity index (χ1) is 9.85. The molecule has 116 valence electrons. The van der Waals surface area contributed by atoms with Gasteiger partial charge in [0.05, 0.1) is 31.1 Å². The molecule has 0 aliphatic rings. The summed E-state index contributed by atoms with van der Waals surface area (Å²) in [6, 6.07) is 0. The minimum Gasteiger partial charge on any atom is -0.394 e. The van der Waals surface area contributed by atoms with Crippen LogP contribution in [-0.4, -0.2) is 34.9 Å². The number of nitrogens with one attached hydrogen (secondary N) is 2. The Bertz CT molecular complexity index is 787. The fourth-order valence-electron chi connectivity index (χ4n) is 2.03. The van der Waals surface area contributed by atoms with Gasteiger partial charge in [-0.05, 0) is 13.8 Å². The second-order valence-electron chi connectivity index (χ2n) is 4.44. The first kappa shape index (κ1) is 15.9. The number of aliphatic hydroxyl groups is 1. The standard InChI is InChI=1S/C11H16N4O4S2/c1-7-10(8(2)15(14-7)3-4-16)21(18,19)12-5-9-6-20-11(17)13-9/h6,12,16H,3-5H2,1-2H3,(H,13,17). The van der Waals surface area contributed by atoms with Crippen LogP contribution in [-0.2, 0) is 23.1 Å². The SMILES string of the molecule is Cc1nn(CCO)c(C)c1S(=O)(=O)NCc1csc(=O)[nH]1. The van der Waals surface area contributed by atoms with Crippen LogP contribution in [0.2, 0.25) is 0 Å². The quantitative estimate of drug-likeness (QED) is 0.672. The van der Waals surface area contributed by atoms with Crippen LogP contribution in [0.25, 0.3) is 0 Å². The average molecular weight is 332 g/mol. The molecule has 0 unspecified atom stereocenters. The highest BCUT2D eigenvalue weighted by molar-refractivity contribution is 7.89. The van der Waals surface area contributed by atoms with E-state index in [9.17, 15) is 13.2 Å². The first-order valence-electron chi connectivity index (χ1n) is 6.16. The number of aromatic nitrogens is 3.